The number of nitrogens with zero attached hydrogens (tertiary/aromatic N) is 1. The Labute approximate surface area is 111 Å². The minimum Gasteiger partial charge on any atom is -0.481 e. The van der Waals surface area contributed by atoms with Crippen LogP contribution in [0, 0.1) is 17.8 Å². The molecule has 4 atom stereocenters. The molecule has 2 saturated heterocycles. The first-order valence-corrected chi connectivity index (χ1v) is 6.87. The summed E-state index contributed by atoms with van der Waals surface area (Å²) in [6.07, 6.45) is 2.62. The van der Waals surface area contributed by atoms with Crippen molar-refractivity contribution in [2.75, 3.05) is 13.1 Å². The third kappa shape index (κ3) is 2.31. The first-order chi connectivity index (χ1) is 9.06. The SMILES string of the molecule is O=C1CCC2CN(C(=O)[C@@H]3C[C@@H]3C(=O)O)CCC2N1. The third-order valence-corrected chi connectivity index (χ3v) is 4.56. The molecule has 0 aromatic heterocycles. The zero-order chi connectivity index (χ0) is 13.6. The summed E-state index contributed by atoms with van der Waals surface area (Å²) in [6.45, 7) is 1.29. The number of piperidine rings is 2. The lowest BCUT2D eigenvalue weighted by Crippen LogP contribution is -2.55. The van der Waals surface area contributed by atoms with Crippen molar-refractivity contribution in [3.05, 3.63) is 0 Å². The second-order valence-electron chi connectivity index (χ2n) is 5.83. The number of hydrogen-bond donors (Lipinski definition) is 2. The van der Waals surface area contributed by atoms with E-state index in [4.69, 9.17) is 5.11 Å². The maximum atomic E-state index is 12.2. The summed E-state index contributed by atoms with van der Waals surface area (Å²) >= 11 is 0. The van der Waals surface area contributed by atoms with Gasteiger partial charge in [0.2, 0.25) is 11.8 Å². The average molecular weight is 266 g/mol. The van der Waals surface area contributed by atoms with E-state index in [1.54, 1.807) is 4.90 Å². The number of amides is 2. The predicted octanol–water partition coefficient (Wildman–Crippen LogP) is -0.166. The smallest absolute Gasteiger partial charge is 0.307 e. The first-order valence-electron chi connectivity index (χ1n) is 6.87. The first kappa shape index (κ1) is 12.4. The van der Waals surface area contributed by atoms with Crippen molar-refractivity contribution >= 4 is 17.8 Å². The van der Waals surface area contributed by atoms with Crippen LogP contribution in [-0.2, 0) is 14.4 Å². The summed E-state index contributed by atoms with van der Waals surface area (Å²) in [5.41, 5.74) is 0. The maximum Gasteiger partial charge on any atom is 0.307 e. The number of aliphatic carboxylic acids is 1. The molecule has 2 amide bonds. The van der Waals surface area contributed by atoms with E-state index in [-0.39, 0.29) is 23.8 Å². The van der Waals surface area contributed by atoms with Crippen molar-refractivity contribution in [2.24, 2.45) is 17.8 Å². The molecule has 1 aliphatic carbocycles. The minimum atomic E-state index is -0.863. The Morgan fingerprint density at radius 2 is 2.05 bits per heavy atom. The molecule has 6 heteroatoms. The van der Waals surface area contributed by atoms with E-state index in [9.17, 15) is 14.4 Å². The van der Waals surface area contributed by atoms with Gasteiger partial charge in [0.1, 0.15) is 0 Å². The van der Waals surface area contributed by atoms with E-state index in [0.717, 1.165) is 12.8 Å². The summed E-state index contributed by atoms with van der Waals surface area (Å²) in [6, 6.07) is 0.194. The zero-order valence-electron chi connectivity index (χ0n) is 10.7. The molecular formula is C13H18N2O4. The predicted molar refractivity (Wildman–Crippen MR) is 65.1 cm³/mol. The second kappa shape index (κ2) is 4.51. The summed E-state index contributed by atoms with van der Waals surface area (Å²) in [5.74, 6) is -1.23. The molecule has 3 rings (SSSR count). The van der Waals surface area contributed by atoms with E-state index in [2.05, 4.69) is 5.32 Å². The number of carboxylic acid groups (broad SMARTS) is 1. The normalized spacial score (nSPS) is 37.3. The molecule has 6 nitrogen and oxygen atoms in total. The van der Waals surface area contributed by atoms with E-state index in [1.165, 1.54) is 0 Å². The Morgan fingerprint density at radius 3 is 2.74 bits per heavy atom. The van der Waals surface area contributed by atoms with E-state index in [1.807, 2.05) is 0 Å². The van der Waals surface area contributed by atoms with Gasteiger partial charge in [-0.15, -0.1) is 0 Å². The molecule has 104 valence electrons. The molecular weight excluding hydrogens is 248 g/mol. The van der Waals surface area contributed by atoms with Gasteiger partial charge in [0, 0.05) is 25.6 Å². The summed E-state index contributed by atoms with van der Waals surface area (Å²) in [5, 5.41) is 11.8. The van der Waals surface area contributed by atoms with Crippen LogP contribution in [0.2, 0.25) is 0 Å². The fourth-order valence-corrected chi connectivity index (χ4v) is 3.29. The lowest BCUT2D eigenvalue weighted by molar-refractivity contribution is -0.143. The molecule has 0 aromatic rings. The maximum absolute atomic E-state index is 12.2. The van der Waals surface area contributed by atoms with Crippen LogP contribution < -0.4 is 5.32 Å². The third-order valence-electron chi connectivity index (χ3n) is 4.56. The lowest BCUT2D eigenvalue weighted by Gasteiger charge is -2.41. The van der Waals surface area contributed by atoms with Crippen molar-refractivity contribution in [3.63, 3.8) is 0 Å². The van der Waals surface area contributed by atoms with Gasteiger partial charge in [-0.1, -0.05) is 0 Å². The Hall–Kier alpha value is -1.59. The quantitative estimate of drug-likeness (QED) is 0.726. The van der Waals surface area contributed by atoms with Gasteiger partial charge in [-0.3, -0.25) is 14.4 Å². The number of carboxylic acids is 1. The van der Waals surface area contributed by atoms with Crippen LogP contribution in [0.4, 0.5) is 0 Å². The Bertz CT molecular complexity index is 436. The van der Waals surface area contributed by atoms with Crippen molar-refractivity contribution < 1.29 is 19.5 Å². The summed E-state index contributed by atoms with van der Waals surface area (Å²) < 4.78 is 0. The topological polar surface area (TPSA) is 86.7 Å². The van der Waals surface area contributed by atoms with Crippen LogP contribution in [0.5, 0.6) is 0 Å². The molecule has 0 radical (unpaired) electrons. The van der Waals surface area contributed by atoms with Crippen LogP contribution in [0.15, 0.2) is 0 Å². The molecule has 2 N–H and O–H groups in total. The highest BCUT2D eigenvalue weighted by Gasteiger charge is 2.50. The molecule has 2 unspecified atom stereocenters. The number of carbonyl (C=O) groups excluding carboxylic acids is 2. The van der Waals surface area contributed by atoms with Crippen LogP contribution in [0.25, 0.3) is 0 Å². The van der Waals surface area contributed by atoms with Crippen LogP contribution >= 0.6 is 0 Å². The number of nitrogens with one attached hydrogen (secondary N) is 1. The monoisotopic (exact) mass is 266 g/mol. The van der Waals surface area contributed by atoms with Gasteiger partial charge >= 0.3 is 5.97 Å². The molecule has 2 heterocycles. The van der Waals surface area contributed by atoms with Gasteiger partial charge in [-0.05, 0) is 25.2 Å². The molecule has 2 aliphatic heterocycles. The van der Waals surface area contributed by atoms with E-state index < -0.39 is 11.9 Å². The number of fused-ring (bicyclic) bond motifs is 1. The summed E-state index contributed by atoms with van der Waals surface area (Å²) in [4.78, 5) is 36.1. The summed E-state index contributed by atoms with van der Waals surface area (Å²) in [7, 11) is 0. The standard InChI is InChI=1S/C13H18N2O4/c16-11-2-1-7-6-15(4-3-10(7)14-11)12(17)8-5-9(8)13(18)19/h7-10H,1-6H2,(H,14,16)(H,18,19)/t7?,8-,9+,10?/m1/s1. The fourth-order valence-electron chi connectivity index (χ4n) is 3.29. The van der Waals surface area contributed by atoms with Gasteiger partial charge in [0.25, 0.3) is 0 Å². The number of rotatable bonds is 2. The highest BCUT2D eigenvalue weighted by molar-refractivity contribution is 5.89. The van der Waals surface area contributed by atoms with Crippen molar-refractivity contribution in [2.45, 2.75) is 31.7 Å². The van der Waals surface area contributed by atoms with Crippen molar-refractivity contribution in [3.8, 4) is 0 Å². The van der Waals surface area contributed by atoms with Gasteiger partial charge in [-0.2, -0.15) is 0 Å². The number of likely N-dealkylation sites (tertiary alicyclic amines) is 1. The highest BCUT2D eigenvalue weighted by atomic mass is 16.4. The van der Waals surface area contributed by atoms with Gasteiger partial charge in [0.05, 0.1) is 11.8 Å². The molecule has 1 saturated carbocycles. The Kier molecular flexibility index (Phi) is 2.95. The lowest BCUT2D eigenvalue weighted by atomic mass is 9.85. The van der Waals surface area contributed by atoms with Gasteiger partial charge < -0.3 is 15.3 Å². The molecule has 0 bridgehead atoms. The second-order valence-corrected chi connectivity index (χ2v) is 5.83. The average Bonchev–Trinajstić information content (AvgIpc) is 3.17. The number of carbonyl (C=O) groups is 3. The minimum absolute atomic E-state index is 0.0113. The van der Waals surface area contributed by atoms with Crippen molar-refractivity contribution in [1.82, 2.24) is 10.2 Å². The highest BCUT2D eigenvalue weighted by Crippen LogP contribution is 2.41. The molecule has 3 aliphatic rings. The molecule has 0 aromatic carbocycles. The number of hydrogen-bond acceptors (Lipinski definition) is 3. The Balaban J connectivity index is 1.58. The van der Waals surface area contributed by atoms with Crippen molar-refractivity contribution in [1.29, 1.82) is 0 Å². The molecule has 0 spiro atoms. The Morgan fingerprint density at radius 1 is 1.26 bits per heavy atom. The fraction of sp³-hybridized carbons (Fsp3) is 0.769. The van der Waals surface area contributed by atoms with E-state index in [0.29, 0.717) is 31.8 Å². The van der Waals surface area contributed by atoms with Gasteiger partial charge in [-0.25, -0.2) is 0 Å². The van der Waals surface area contributed by atoms with Crippen LogP contribution in [0.3, 0.4) is 0 Å². The van der Waals surface area contributed by atoms with Gasteiger partial charge in [0.15, 0.2) is 0 Å². The zero-order valence-corrected chi connectivity index (χ0v) is 10.7. The van der Waals surface area contributed by atoms with Crippen LogP contribution in [0.1, 0.15) is 25.7 Å². The molecule has 3 fully saturated rings. The van der Waals surface area contributed by atoms with Crippen LogP contribution in [-0.4, -0.2) is 46.9 Å². The molecule has 19 heavy (non-hydrogen) atoms. The largest absolute Gasteiger partial charge is 0.481 e. The van der Waals surface area contributed by atoms with E-state index >= 15 is 0 Å².